The first-order valence-electron chi connectivity index (χ1n) is 16.7. The number of benzene rings is 3. The van der Waals surface area contributed by atoms with Crippen molar-refractivity contribution in [3.8, 4) is 11.5 Å². The minimum Gasteiger partial charge on any atom is -0.456 e. The number of ether oxygens (including phenoxy) is 1. The van der Waals surface area contributed by atoms with Crippen molar-refractivity contribution in [2.24, 2.45) is 5.73 Å². The first kappa shape index (κ1) is 34.9. The number of nitrogens with one attached hydrogen (secondary N) is 1. The molecule has 0 aliphatic heterocycles. The lowest BCUT2D eigenvalue weighted by Crippen LogP contribution is -2.48. The number of carbonyl (C=O) groups is 2. The molecule has 0 bridgehead atoms. The van der Waals surface area contributed by atoms with Crippen molar-refractivity contribution in [2.45, 2.75) is 77.0 Å². The zero-order valence-electron chi connectivity index (χ0n) is 27.8. The molecule has 1 aromatic heterocycles. The summed E-state index contributed by atoms with van der Waals surface area (Å²) in [6.07, 6.45) is 6.38. The molecule has 0 saturated heterocycles. The molecule has 254 valence electrons. The number of esters is 1. The molecule has 8 nitrogen and oxygen atoms in total. The average molecular weight is 659 g/mol. The van der Waals surface area contributed by atoms with Gasteiger partial charge in [0.1, 0.15) is 24.0 Å². The van der Waals surface area contributed by atoms with Crippen molar-refractivity contribution in [1.82, 2.24) is 15.2 Å². The fourth-order valence-corrected chi connectivity index (χ4v) is 6.09. The highest BCUT2D eigenvalue weighted by molar-refractivity contribution is 5.99. The van der Waals surface area contributed by atoms with E-state index in [1.807, 2.05) is 19.9 Å². The Morgan fingerprint density at radius 3 is 2.31 bits per heavy atom. The molecule has 3 aromatic carbocycles. The summed E-state index contributed by atoms with van der Waals surface area (Å²) < 4.78 is 39.7. The molecule has 1 aliphatic rings. The van der Waals surface area contributed by atoms with Gasteiger partial charge in [0.2, 0.25) is 5.89 Å². The highest BCUT2D eigenvalue weighted by atomic mass is 19.1. The molecular weight excluding hydrogens is 614 g/mol. The van der Waals surface area contributed by atoms with Crippen LogP contribution in [0.5, 0.6) is 0 Å². The summed E-state index contributed by atoms with van der Waals surface area (Å²) >= 11 is 0. The molecule has 1 aliphatic carbocycles. The lowest BCUT2D eigenvalue weighted by Gasteiger charge is -2.28. The topological polar surface area (TPSA) is 111 Å². The lowest BCUT2D eigenvalue weighted by atomic mass is 9.98. The van der Waals surface area contributed by atoms with Gasteiger partial charge in [0, 0.05) is 48.4 Å². The van der Waals surface area contributed by atoms with Crippen molar-refractivity contribution in [3.05, 3.63) is 113 Å². The normalized spacial score (nSPS) is 14.7. The van der Waals surface area contributed by atoms with E-state index in [1.165, 1.54) is 36.2 Å². The van der Waals surface area contributed by atoms with Gasteiger partial charge in [0.15, 0.2) is 0 Å². The van der Waals surface area contributed by atoms with Crippen LogP contribution < -0.4 is 11.1 Å². The van der Waals surface area contributed by atoms with Gasteiger partial charge in [-0.15, -0.1) is 0 Å². The molecule has 0 unspecified atom stereocenters. The Bertz CT molecular complexity index is 1680. The van der Waals surface area contributed by atoms with Gasteiger partial charge in [0.25, 0.3) is 5.91 Å². The Morgan fingerprint density at radius 1 is 0.979 bits per heavy atom. The summed E-state index contributed by atoms with van der Waals surface area (Å²) in [6.45, 7) is 7.46. The molecule has 10 heteroatoms. The van der Waals surface area contributed by atoms with Crippen LogP contribution in [0.3, 0.4) is 0 Å². The van der Waals surface area contributed by atoms with Crippen LogP contribution in [0.4, 0.5) is 8.78 Å². The second kappa shape index (κ2) is 15.7. The van der Waals surface area contributed by atoms with E-state index in [2.05, 4.69) is 35.4 Å². The first-order chi connectivity index (χ1) is 23.1. The van der Waals surface area contributed by atoms with E-state index in [9.17, 15) is 18.4 Å². The summed E-state index contributed by atoms with van der Waals surface area (Å²) in [4.78, 5) is 33.6. The molecule has 1 saturated carbocycles. The molecule has 0 radical (unpaired) electrons. The van der Waals surface area contributed by atoms with E-state index in [1.54, 1.807) is 17.0 Å². The second-order valence-corrected chi connectivity index (χ2v) is 12.5. The number of aryl methyl sites for hydroxylation is 1. The molecule has 1 amide bonds. The largest absolute Gasteiger partial charge is 0.456 e. The number of carbonyl (C=O) groups excluding carboxylic acids is 2. The molecular formula is C38H44F2N4O4. The predicted molar refractivity (Wildman–Crippen MR) is 180 cm³/mol. The zero-order chi connectivity index (χ0) is 34.3. The van der Waals surface area contributed by atoms with Crippen LogP contribution in [-0.4, -0.2) is 53.5 Å². The van der Waals surface area contributed by atoms with Crippen molar-refractivity contribution >= 4 is 11.9 Å². The van der Waals surface area contributed by atoms with Crippen molar-refractivity contribution in [2.75, 3.05) is 19.6 Å². The van der Waals surface area contributed by atoms with E-state index >= 15 is 0 Å². The number of aromatic nitrogens is 1. The van der Waals surface area contributed by atoms with Crippen molar-refractivity contribution in [1.29, 1.82) is 0 Å². The fraction of sp³-hybridized carbons (Fsp3) is 0.395. The summed E-state index contributed by atoms with van der Waals surface area (Å²) in [5.41, 5.74) is 9.99. The monoisotopic (exact) mass is 658 g/mol. The van der Waals surface area contributed by atoms with Crippen LogP contribution in [0.25, 0.3) is 11.5 Å². The summed E-state index contributed by atoms with van der Waals surface area (Å²) in [6, 6.07) is 15.6. The molecule has 5 rings (SSSR count). The summed E-state index contributed by atoms with van der Waals surface area (Å²) in [7, 11) is 0. The molecule has 1 fully saturated rings. The van der Waals surface area contributed by atoms with Gasteiger partial charge in [-0.2, -0.15) is 0 Å². The first-order valence-corrected chi connectivity index (χ1v) is 16.7. The van der Waals surface area contributed by atoms with Gasteiger partial charge in [-0.1, -0.05) is 45.0 Å². The number of hydrogen-bond acceptors (Lipinski definition) is 7. The smallest absolute Gasteiger partial charge is 0.338 e. The standard InChI is InChI=1S/C38H44F2N4O4/c1-4-13-44(14-5-2)36(45)28-20-27(35-42-12-15-47-35)21-29(22-28)37(46)48-34(33(41)19-26-17-31(39)23-32(40)18-26)24-43-38(10-11-38)30-9-7-8-25(6-3)16-30/h7-9,12,15-18,20-23,33-34,43H,4-6,10-11,13-14,19,24,41H2,1-3H3/t33-,34+/m0/s1. The maximum atomic E-state index is 14.1. The van der Waals surface area contributed by atoms with Gasteiger partial charge in [-0.05, 0) is 85.5 Å². The highest BCUT2D eigenvalue weighted by Gasteiger charge is 2.44. The third-order valence-corrected chi connectivity index (χ3v) is 8.78. The highest BCUT2D eigenvalue weighted by Crippen LogP contribution is 2.45. The molecule has 0 spiro atoms. The maximum absolute atomic E-state index is 14.1. The zero-order valence-corrected chi connectivity index (χ0v) is 27.8. The number of nitrogens with zero attached hydrogens (tertiary/aromatic N) is 2. The molecule has 1 heterocycles. The van der Waals surface area contributed by atoms with Gasteiger partial charge < -0.3 is 25.1 Å². The minimum atomic E-state index is -0.878. The lowest BCUT2D eigenvalue weighted by molar-refractivity contribution is 0.0228. The Balaban J connectivity index is 1.44. The van der Waals surface area contributed by atoms with Gasteiger partial charge in [-0.3, -0.25) is 4.79 Å². The van der Waals surface area contributed by atoms with Gasteiger partial charge in [0.05, 0.1) is 11.8 Å². The number of oxazole rings is 1. The van der Waals surface area contributed by atoms with E-state index < -0.39 is 29.7 Å². The molecule has 3 N–H and O–H groups in total. The molecule has 2 atom stereocenters. The number of nitrogens with two attached hydrogens (primary N) is 1. The van der Waals surface area contributed by atoms with Crippen molar-refractivity contribution < 1.29 is 27.5 Å². The Morgan fingerprint density at radius 2 is 1.69 bits per heavy atom. The number of halogens is 2. The van der Waals surface area contributed by atoms with Crippen LogP contribution >= 0.6 is 0 Å². The number of amides is 1. The van der Waals surface area contributed by atoms with Crippen LogP contribution in [0.1, 0.15) is 83.9 Å². The minimum absolute atomic E-state index is 0.0652. The fourth-order valence-electron chi connectivity index (χ4n) is 6.09. The quantitative estimate of drug-likeness (QED) is 0.127. The SMILES string of the molecule is CCCN(CCC)C(=O)c1cc(C(=O)O[C@H](CNC2(c3cccc(CC)c3)CC2)[C@@H](N)Cc2cc(F)cc(F)c2)cc(-c2ncco2)c1. The van der Waals surface area contributed by atoms with Crippen LogP contribution in [0.2, 0.25) is 0 Å². The van der Waals surface area contributed by atoms with E-state index in [0.29, 0.717) is 29.8 Å². The van der Waals surface area contributed by atoms with Crippen molar-refractivity contribution in [3.63, 3.8) is 0 Å². The van der Waals surface area contributed by atoms with Gasteiger partial charge >= 0.3 is 5.97 Å². The third-order valence-electron chi connectivity index (χ3n) is 8.78. The summed E-state index contributed by atoms with van der Waals surface area (Å²) in [5, 5.41) is 3.60. The Kier molecular flexibility index (Phi) is 11.4. The van der Waals surface area contributed by atoms with E-state index in [0.717, 1.165) is 43.7 Å². The molecule has 48 heavy (non-hydrogen) atoms. The van der Waals surface area contributed by atoms with Crippen LogP contribution in [-0.2, 0) is 23.1 Å². The molecule has 4 aromatic rings. The number of hydrogen-bond donors (Lipinski definition) is 2. The summed E-state index contributed by atoms with van der Waals surface area (Å²) in [5.74, 6) is -2.08. The van der Waals surface area contributed by atoms with E-state index in [-0.39, 0.29) is 35.9 Å². The predicted octanol–water partition coefficient (Wildman–Crippen LogP) is 6.82. The van der Waals surface area contributed by atoms with Gasteiger partial charge in [-0.25, -0.2) is 18.6 Å². The Hall–Kier alpha value is -4.41. The average Bonchev–Trinajstić information content (AvgIpc) is 3.67. The maximum Gasteiger partial charge on any atom is 0.338 e. The second-order valence-electron chi connectivity index (χ2n) is 12.5. The van der Waals surface area contributed by atoms with Crippen LogP contribution in [0, 0.1) is 11.6 Å². The third kappa shape index (κ3) is 8.54. The Labute approximate surface area is 280 Å². The van der Waals surface area contributed by atoms with Crippen LogP contribution in [0.15, 0.2) is 77.5 Å². The number of rotatable bonds is 16. The van der Waals surface area contributed by atoms with E-state index in [4.69, 9.17) is 14.9 Å².